The summed E-state index contributed by atoms with van der Waals surface area (Å²) in [7, 11) is 0. The molecule has 0 aliphatic rings. The molecule has 0 amide bonds. The predicted octanol–water partition coefficient (Wildman–Crippen LogP) is 0.221. The van der Waals surface area contributed by atoms with Gasteiger partial charge in [0.1, 0.15) is 0 Å². The molecule has 6 heteroatoms. The molecule has 0 aromatic carbocycles. The molecule has 0 saturated carbocycles. The fourth-order valence-electron chi connectivity index (χ4n) is 0.427. The summed E-state index contributed by atoms with van der Waals surface area (Å²) in [5.74, 6) is -0.764. The van der Waals surface area contributed by atoms with Crippen LogP contribution in [0.4, 0.5) is 0 Å². The molecule has 62 valence electrons. The maximum absolute atomic E-state index is 10.6. The third-order valence-corrected chi connectivity index (χ3v) is 0.877. The van der Waals surface area contributed by atoms with Crippen LogP contribution in [-0.4, -0.2) is 30.3 Å². The van der Waals surface area contributed by atoms with Crippen molar-refractivity contribution in [3.63, 3.8) is 0 Å². The molecule has 0 aromatic heterocycles. The number of carbonyl (C=O) groups is 1. The number of ether oxygens (including phenoxy) is 1. The summed E-state index contributed by atoms with van der Waals surface area (Å²) in [6.45, 7) is 1.54. The minimum Gasteiger partial charge on any atom is -0.464 e. The van der Waals surface area contributed by atoms with Crippen molar-refractivity contribution in [3.8, 4) is 0 Å². The molecule has 0 aromatic rings. The lowest BCUT2D eigenvalue weighted by Gasteiger charge is -2.04. The smallest absolute Gasteiger partial charge is 0.335 e. The van der Waals surface area contributed by atoms with Gasteiger partial charge in [0.05, 0.1) is 13.2 Å². The Labute approximate surface area is 63.4 Å². The van der Waals surface area contributed by atoms with Crippen LogP contribution in [0.1, 0.15) is 6.92 Å². The summed E-state index contributed by atoms with van der Waals surface area (Å²) in [6, 6.07) is 0. The first-order valence-corrected chi connectivity index (χ1v) is 3.08. The summed E-state index contributed by atoms with van der Waals surface area (Å²) < 4.78 is 4.43. The number of hydrogen-bond acceptors (Lipinski definition) is 4. The molecule has 1 unspecified atom stereocenters. The fourth-order valence-corrected chi connectivity index (χ4v) is 0.427. The number of rotatable bonds is 4. The quantitative estimate of drug-likeness (QED) is 0.275. The normalized spacial score (nSPS) is 11.5. The highest BCUT2D eigenvalue weighted by molar-refractivity contribution is 5.74. The Hall–Kier alpha value is -1.26. The van der Waals surface area contributed by atoms with E-state index < -0.39 is 12.1 Å². The number of azide groups is 1. The Bertz CT molecular complexity index is 176. The van der Waals surface area contributed by atoms with Gasteiger partial charge in [0.25, 0.3) is 0 Å². The van der Waals surface area contributed by atoms with Crippen molar-refractivity contribution in [1.82, 2.24) is 0 Å². The number of esters is 1. The first-order valence-electron chi connectivity index (χ1n) is 3.08. The van der Waals surface area contributed by atoms with Crippen molar-refractivity contribution in [3.05, 3.63) is 10.4 Å². The third-order valence-electron chi connectivity index (χ3n) is 0.877. The third kappa shape index (κ3) is 4.19. The Kier molecular flexibility index (Phi) is 4.89. The molecule has 0 aliphatic carbocycles. The van der Waals surface area contributed by atoms with E-state index in [9.17, 15) is 4.79 Å². The number of carbonyl (C=O) groups excluding carboxylic acids is 1. The van der Waals surface area contributed by atoms with Crippen LogP contribution >= 0.6 is 0 Å². The summed E-state index contributed by atoms with van der Waals surface area (Å²) in [4.78, 5) is 13.0. The van der Waals surface area contributed by atoms with Crippen molar-refractivity contribution in [2.24, 2.45) is 5.11 Å². The number of aliphatic hydroxyl groups excluding tert-OH is 1. The predicted molar refractivity (Wildman–Crippen MR) is 36.7 cm³/mol. The van der Waals surface area contributed by atoms with Crippen molar-refractivity contribution >= 4 is 5.97 Å². The van der Waals surface area contributed by atoms with E-state index in [2.05, 4.69) is 14.8 Å². The van der Waals surface area contributed by atoms with Crippen LogP contribution in [0.3, 0.4) is 0 Å². The molecule has 0 spiro atoms. The average molecular weight is 159 g/mol. The highest BCUT2D eigenvalue weighted by atomic mass is 16.5. The van der Waals surface area contributed by atoms with Crippen molar-refractivity contribution in [2.75, 3.05) is 13.2 Å². The molecule has 0 aliphatic heterocycles. The van der Waals surface area contributed by atoms with Crippen molar-refractivity contribution in [2.45, 2.75) is 13.0 Å². The van der Waals surface area contributed by atoms with Gasteiger partial charge in [0, 0.05) is 4.91 Å². The molecule has 0 rings (SSSR count). The zero-order valence-corrected chi connectivity index (χ0v) is 6.10. The van der Waals surface area contributed by atoms with Crippen LogP contribution < -0.4 is 0 Å². The van der Waals surface area contributed by atoms with Crippen molar-refractivity contribution < 1.29 is 14.6 Å². The lowest BCUT2D eigenvalue weighted by atomic mass is 10.4. The fraction of sp³-hybridized carbons (Fsp3) is 0.800. The van der Waals surface area contributed by atoms with Gasteiger partial charge in [-0.1, -0.05) is 5.11 Å². The molecule has 0 fully saturated rings. The summed E-state index contributed by atoms with van der Waals surface area (Å²) in [5.41, 5.74) is 7.82. The van der Waals surface area contributed by atoms with Crippen LogP contribution in [0.2, 0.25) is 0 Å². The number of nitrogens with zero attached hydrogens (tertiary/aromatic N) is 3. The van der Waals surface area contributed by atoms with Crippen LogP contribution in [0, 0.1) is 0 Å². The summed E-state index contributed by atoms with van der Waals surface area (Å²) >= 11 is 0. The zero-order valence-electron chi connectivity index (χ0n) is 6.10. The molecule has 0 heterocycles. The molecular weight excluding hydrogens is 150 g/mol. The number of aliphatic hydroxyl groups is 1. The molecule has 6 nitrogen and oxygen atoms in total. The van der Waals surface area contributed by atoms with Crippen LogP contribution in [0.15, 0.2) is 5.11 Å². The van der Waals surface area contributed by atoms with E-state index in [-0.39, 0.29) is 13.2 Å². The monoisotopic (exact) mass is 159 g/mol. The zero-order chi connectivity index (χ0) is 8.69. The standard InChI is InChI=1S/C5H9N3O3/c1-2-11-5(10)4(9)3-7-8-6/h4,9H,2-3H2,1H3. The second-order valence-electron chi connectivity index (χ2n) is 1.68. The lowest BCUT2D eigenvalue weighted by molar-refractivity contribution is -0.152. The van der Waals surface area contributed by atoms with Crippen LogP contribution in [0.25, 0.3) is 10.4 Å². The largest absolute Gasteiger partial charge is 0.464 e. The average Bonchev–Trinajstić information content (AvgIpc) is 2.00. The summed E-state index contributed by atoms with van der Waals surface area (Å²) in [6.07, 6.45) is -1.34. The molecule has 1 N–H and O–H groups in total. The molecule has 11 heavy (non-hydrogen) atoms. The summed E-state index contributed by atoms with van der Waals surface area (Å²) in [5, 5.41) is 11.8. The lowest BCUT2D eigenvalue weighted by Crippen LogP contribution is -2.25. The van der Waals surface area contributed by atoms with Gasteiger partial charge >= 0.3 is 5.97 Å². The first-order chi connectivity index (χ1) is 5.22. The molecular formula is C5H9N3O3. The van der Waals surface area contributed by atoms with E-state index in [0.717, 1.165) is 0 Å². The van der Waals surface area contributed by atoms with Gasteiger partial charge in [-0.15, -0.1) is 0 Å². The topological polar surface area (TPSA) is 95.3 Å². The number of hydrogen-bond donors (Lipinski definition) is 1. The molecule has 0 radical (unpaired) electrons. The van der Waals surface area contributed by atoms with Crippen LogP contribution in [-0.2, 0) is 9.53 Å². The Morgan fingerprint density at radius 1 is 1.91 bits per heavy atom. The molecule has 0 bridgehead atoms. The minimum atomic E-state index is -1.34. The first kappa shape index (κ1) is 9.74. The van der Waals surface area contributed by atoms with E-state index in [1.807, 2.05) is 0 Å². The molecule has 0 saturated heterocycles. The van der Waals surface area contributed by atoms with E-state index in [1.165, 1.54) is 0 Å². The second-order valence-corrected chi connectivity index (χ2v) is 1.68. The van der Waals surface area contributed by atoms with Gasteiger partial charge in [-0.05, 0) is 12.5 Å². The minimum absolute atomic E-state index is 0.201. The van der Waals surface area contributed by atoms with Gasteiger partial charge in [-0.25, -0.2) is 4.79 Å². The highest BCUT2D eigenvalue weighted by Crippen LogP contribution is 1.89. The van der Waals surface area contributed by atoms with Crippen LogP contribution in [0.5, 0.6) is 0 Å². The van der Waals surface area contributed by atoms with E-state index >= 15 is 0 Å². The Balaban J connectivity index is 3.72. The SMILES string of the molecule is CCOC(=O)C(O)CN=[N+]=[N-]. The maximum Gasteiger partial charge on any atom is 0.335 e. The van der Waals surface area contributed by atoms with Gasteiger partial charge in [0.15, 0.2) is 6.10 Å². The Morgan fingerprint density at radius 3 is 3.00 bits per heavy atom. The van der Waals surface area contributed by atoms with Gasteiger partial charge in [-0.2, -0.15) is 0 Å². The van der Waals surface area contributed by atoms with E-state index in [4.69, 9.17) is 10.6 Å². The van der Waals surface area contributed by atoms with E-state index in [1.54, 1.807) is 6.92 Å². The second kappa shape index (κ2) is 5.52. The molecule has 1 atom stereocenters. The van der Waals surface area contributed by atoms with Crippen molar-refractivity contribution in [1.29, 1.82) is 0 Å². The highest BCUT2D eigenvalue weighted by Gasteiger charge is 2.13. The Morgan fingerprint density at radius 2 is 2.55 bits per heavy atom. The maximum atomic E-state index is 10.6. The van der Waals surface area contributed by atoms with E-state index in [0.29, 0.717) is 0 Å². The van der Waals surface area contributed by atoms with Gasteiger partial charge in [0.2, 0.25) is 0 Å². The van der Waals surface area contributed by atoms with Gasteiger partial charge in [-0.3, -0.25) is 0 Å². The van der Waals surface area contributed by atoms with Gasteiger partial charge < -0.3 is 9.84 Å².